The summed E-state index contributed by atoms with van der Waals surface area (Å²) in [5.74, 6) is 0. The fourth-order valence-corrected chi connectivity index (χ4v) is 2.54. The molecule has 0 saturated carbocycles. The van der Waals surface area contributed by atoms with Crippen molar-refractivity contribution in [1.29, 1.82) is 0 Å². The van der Waals surface area contributed by atoms with Crippen molar-refractivity contribution in [2.75, 3.05) is 0 Å². The van der Waals surface area contributed by atoms with Crippen molar-refractivity contribution in [3.63, 3.8) is 0 Å². The van der Waals surface area contributed by atoms with Gasteiger partial charge in [0.1, 0.15) is 0 Å². The highest BCUT2D eigenvalue weighted by molar-refractivity contribution is 7.09. The van der Waals surface area contributed by atoms with E-state index in [4.69, 9.17) is 0 Å². The highest BCUT2D eigenvalue weighted by Crippen LogP contribution is 2.11. The SMILES string of the molecule is Cc1ncsc1CNCc1csc(=O)[nH]1. The number of nitrogens with one attached hydrogen (secondary N) is 2. The van der Waals surface area contributed by atoms with Crippen LogP contribution in [0.3, 0.4) is 0 Å². The monoisotopic (exact) mass is 241 g/mol. The topological polar surface area (TPSA) is 57.8 Å². The van der Waals surface area contributed by atoms with Gasteiger partial charge in [0.05, 0.1) is 11.2 Å². The molecular weight excluding hydrogens is 230 g/mol. The summed E-state index contributed by atoms with van der Waals surface area (Å²) in [5, 5.41) is 5.11. The molecule has 0 aromatic carbocycles. The Kier molecular flexibility index (Phi) is 3.30. The van der Waals surface area contributed by atoms with Crippen LogP contribution in [0.25, 0.3) is 0 Å². The molecule has 2 N–H and O–H groups in total. The maximum absolute atomic E-state index is 10.9. The average Bonchev–Trinajstić information content (AvgIpc) is 2.77. The van der Waals surface area contributed by atoms with E-state index in [0.717, 1.165) is 17.9 Å². The standard InChI is InChI=1S/C9H11N3OS2/c1-6-8(15-5-11-6)3-10-2-7-4-14-9(13)12-7/h4-5,10H,2-3H2,1H3,(H,12,13). The van der Waals surface area contributed by atoms with Gasteiger partial charge in [0.15, 0.2) is 0 Å². The van der Waals surface area contributed by atoms with Gasteiger partial charge in [-0.1, -0.05) is 11.3 Å². The van der Waals surface area contributed by atoms with Gasteiger partial charge < -0.3 is 10.3 Å². The molecule has 0 aliphatic heterocycles. The molecular formula is C9H11N3OS2. The summed E-state index contributed by atoms with van der Waals surface area (Å²) in [4.78, 5) is 19.0. The molecule has 0 aliphatic rings. The summed E-state index contributed by atoms with van der Waals surface area (Å²) in [7, 11) is 0. The Hall–Kier alpha value is -0.980. The van der Waals surface area contributed by atoms with Crippen molar-refractivity contribution in [2.45, 2.75) is 20.0 Å². The molecule has 2 aromatic heterocycles. The molecule has 6 heteroatoms. The first-order chi connectivity index (χ1) is 7.25. The van der Waals surface area contributed by atoms with Crippen LogP contribution in [-0.2, 0) is 13.1 Å². The molecule has 15 heavy (non-hydrogen) atoms. The first kappa shape index (κ1) is 10.5. The van der Waals surface area contributed by atoms with Crippen LogP contribution in [0.15, 0.2) is 15.7 Å². The second kappa shape index (κ2) is 4.69. The number of hydrogen-bond acceptors (Lipinski definition) is 5. The largest absolute Gasteiger partial charge is 0.315 e. The molecule has 0 aliphatic carbocycles. The lowest BCUT2D eigenvalue weighted by Crippen LogP contribution is -2.13. The lowest BCUT2D eigenvalue weighted by molar-refractivity contribution is 0.685. The van der Waals surface area contributed by atoms with Gasteiger partial charge in [0.25, 0.3) is 0 Å². The van der Waals surface area contributed by atoms with E-state index in [9.17, 15) is 4.79 Å². The average molecular weight is 241 g/mol. The van der Waals surface area contributed by atoms with Crippen LogP contribution in [0.1, 0.15) is 16.3 Å². The predicted molar refractivity (Wildman–Crippen MR) is 62.3 cm³/mol. The fourth-order valence-electron chi connectivity index (χ4n) is 1.21. The Bertz CT molecular complexity index is 485. The molecule has 0 spiro atoms. The highest BCUT2D eigenvalue weighted by Gasteiger charge is 2.01. The number of rotatable bonds is 4. The molecule has 0 fully saturated rings. The summed E-state index contributed by atoms with van der Waals surface area (Å²) in [5.41, 5.74) is 3.86. The molecule has 2 heterocycles. The van der Waals surface area contributed by atoms with Gasteiger partial charge in [-0.15, -0.1) is 11.3 Å². The maximum Gasteiger partial charge on any atom is 0.304 e. The molecule has 2 rings (SSSR count). The second-order valence-electron chi connectivity index (χ2n) is 3.14. The van der Waals surface area contributed by atoms with E-state index in [1.807, 2.05) is 17.8 Å². The minimum absolute atomic E-state index is 0.000714. The smallest absolute Gasteiger partial charge is 0.304 e. The van der Waals surface area contributed by atoms with E-state index in [0.29, 0.717) is 6.54 Å². The Morgan fingerprint density at radius 3 is 2.93 bits per heavy atom. The van der Waals surface area contributed by atoms with Crippen molar-refractivity contribution in [2.24, 2.45) is 0 Å². The molecule has 0 unspecified atom stereocenters. The van der Waals surface area contributed by atoms with E-state index < -0.39 is 0 Å². The van der Waals surface area contributed by atoms with Crippen LogP contribution >= 0.6 is 22.7 Å². The summed E-state index contributed by atoms with van der Waals surface area (Å²) >= 11 is 2.84. The number of aryl methyl sites for hydroxylation is 1. The minimum atomic E-state index is 0.000714. The van der Waals surface area contributed by atoms with Crippen LogP contribution in [-0.4, -0.2) is 9.97 Å². The Labute approximate surface area is 95.0 Å². The third kappa shape index (κ3) is 2.74. The van der Waals surface area contributed by atoms with Gasteiger partial charge in [-0.3, -0.25) is 4.79 Å². The molecule has 0 saturated heterocycles. The normalized spacial score (nSPS) is 10.7. The third-order valence-electron chi connectivity index (χ3n) is 2.02. The van der Waals surface area contributed by atoms with E-state index in [1.54, 1.807) is 11.3 Å². The van der Waals surface area contributed by atoms with Crippen molar-refractivity contribution < 1.29 is 0 Å². The van der Waals surface area contributed by atoms with Crippen molar-refractivity contribution in [3.8, 4) is 0 Å². The van der Waals surface area contributed by atoms with Crippen molar-refractivity contribution >= 4 is 22.7 Å². The third-order valence-corrected chi connectivity index (χ3v) is 3.67. The summed E-state index contributed by atoms with van der Waals surface area (Å²) in [6.07, 6.45) is 0. The Balaban J connectivity index is 1.85. The summed E-state index contributed by atoms with van der Waals surface area (Å²) in [6, 6.07) is 0. The van der Waals surface area contributed by atoms with Gasteiger partial charge in [-0.05, 0) is 6.92 Å². The zero-order valence-electron chi connectivity index (χ0n) is 8.24. The summed E-state index contributed by atoms with van der Waals surface area (Å²) < 4.78 is 0. The van der Waals surface area contributed by atoms with Gasteiger partial charge in [0.2, 0.25) is 0 Å². The van der Waals surface area contributed by atoms with Crippen molar-refractivity contribution in [3.05, 3.63) is 36.8 Å². The second-order valence-corrected chi connectivity index (χ2v) is 4.92. The van der Waals surface area contributed by atoms with E-state index in [-0.39, 0.29) is 4.87 Å². The number of H-pyrrole nitrogens is 1. The highest BCUT2D eigenvalue weighted by atomic mass is 32.1. The van der Waals surface area contributed by atoms with Gasteiger partial charge in [-0.25, -0.2) is 4.98 Å². The zero-order valence-corrected chi connectivity index (χ0v) is 9.87. The number of aromatic nitrogens is 2. The van der Waals surface area contributed by atoms with Gasteiger partial charge in [0, 0.05) is 29.0 Å². The van der Waals surface area contributed by atoms with Crippen LogP contribution in [0.2, 0.25) is 0 Å². The van der Waals surface area contributed by atoms with E-state index >= 15 is 0 Å². The lowest BCUT2D eigenvalue weighted by atomic mass is 10.4. The number of nitrogens with zero attached hydrogens (tertiary/aromatic N) is 1. The van der Waals surface area contributed by atoms with Gasteiger partial charge in [-0.2, -0.15) is 0 Å². The molecule has 0 amide bonds. The van der Waals surface area contributed by atoms with Crippen molar-refractivity contribution in [1.82, 2.24) is 15.3 Å². The van der Waals surface area contributed by atoms with Gasteiger partial charge >= 0.3 is 4.87 Å². The summed E-state index contributed by atoms with van der Waals surface area (Å²) in [6.45, 7) is 3.49. The van der Waals surface area contributed by atoms with Crippen LogP contribution in [0, 0.1) is 6.92 Å². The fraction of sp³-hybridized carbons (Fsp3) is 0.333. The first-order valence-electron chi connectivity index (χ1n) is 4.52. The molecule has 4 nitrogen and oxygen atoms in total. The number of hydrogen-bond donors (Lipinski definition) is 2. The lowest BCUT2D eigenvalue weighted by Gasteiger charge is -2.00. The zero-order chi connectivity index (χ0) is 10.7. The molecule has 80 valence electrons. The Morgan fingerprint density at radius 2 is 2.33 bits per heavy atom. The van der Waals surface area contributed by atoms with Crippen LogP contribution in [0.5, 0.6) is 0 Å². The molecule has 2 aromatic rings. The predicted octanol–water partition coefficient (Wildman–Crippen LogP) is 1.49. The van der Waals surface area contributed by atoms with E-state index in [1.165, 1.54) is 16.2 Å². The molecule has 0 radical (unpaired) electrons. The molecule has 0 atom stereocenters. The number of thiazole rings is 2. The maximum atomic E-state index is 10.9. The molecule has 0 bridgehead atoms. The first-order valence-corrected chi connectivity index (χ1v) is 6.28. The quantitative estimate of drug-likeness (QED) is 0.852. The Morgan fingerprint density at radius 1 is 1.47 bits per heavy atom. The number of aromatic amines is 1. The van der Waals surface area contributed by atoms with Crippen LogP contribution < -0.4 is 10.2 Å². The minimum Gasteiger partial charge on any atom is -0.315 e. The van der Waals surface area contributed by atoms with E-state index in [2.05, 4.69) is 15.3 Å². The van der Waals surface area contributed by atoms with Crippen LogP contribution in [0.4, 0.5) is 0 Å².